The van der Waals surface area contributed by atoms with Gasteiger partial charge in [-0.1, -0.05) is 48.4 Å². The number of rotatable bonds is 2. The maximum atomic E-state index is 5.20. The van der Waals surface area contributed by atoms with Crippen molar-refractivity contribution in [2.24, 2.45) is 0 Å². The van der Waals surface area contributed by atoms with Crippen LogP contribution in [0.25, 0.3) is 27.4 Å². The lowest BCUT2D eigenvalue weighted by atomic mass is 10.0. The molecule has 3 aromatic rings. The van der Waals surface area contributed by atoms with Gasteiger partial charge in [-0.15, -0.1) is 6.42 Å². The first-order valence-electron chi connectivity index (χ1n) is 6.60. The lowest BCUT2D eigenvalue weighted by molar-refractivity contribution is 1.52. The Hall–Kier alpha value is -2.72. The minimum absolute atomic E-state index is 1.16. The van der Waals surface area contributed by atoms with Crippen molar-refractivity contribution in [3.05, 3.63) is 66.3 Å². The van der Waals surface area contributed by atoms with Crippen molar-refractivity contribution in [1.82, 2.24) is 4.98 Å². The van der Waals surface area contributed by atoms with Crippen molar-refractivity contribution in [3.8, 4) is 12.3 Å². The smallest absolute Gasteiger partial charge is 0.0470 e. The van der Waals surface area contributed by atoms with E-state index in [1.54, 1.807) is 6.08 Å². The third kappa shape index (κ3) is 2.13. The van der Waals surface area contributed by atoms with Gasteiger partial charge in [-0.3, -0.25) is 0 Å². The second-order valence-electron chi connectivity index (χ2n) is 4.81. The van der Waals surface area contributed by atoms with Crippen molar-refractivity contribution >= 4 is 27.4 Å². The molecule has 0 spiro atoms. The summed E-state index contributed by atoms with van der Waals surface area (Å²) < 4.78 is 0. The molecule has 0 atom stereocenters. The number of terminal acetylenes is 1. The zero-order valence-electron chi connectivity index (χ0n) is 11.4. The van der Waals surface area contributed by atoms with E-state index < -0.39 is 0 Å². The Balaban J connectivity index is 2.12. The highest BCUT2D eigenvalue weighted by Crippen LogP contribution is 2.27. The van der Waals surface area contributed by atoms with E-state index >= 15 is 0 Å². The first-order valence-corrected chi connectivity index (χ1v) is 6.60. The van der Waals surface area contributed by atoms with Gasteiger partial charge in [-0.2, -0.15) is 0 Å². The average molecular weight is 257 g/mol. The van der Waals surface area contributed by atoms with Crippen LogP contribution >= 0.6 is 0 Å². The SMILES string of the molecule is C#C/C=C\C=C(/C)c1ccc2c(c1)[nH]c1ccccc12. The number of nitrogens with one attached hydrogen (secondary N) is 1. The summed E-state index contributed by atoms with van der Waals surface area (Å²) in [6.45, 7) is 2.09. The number of hydrogen-bond donors (Lipinski definition) is 1. The number of aromatic amines is 1. The molecule has 1 heteroatoms. The van der Waals surface area contributed by atoms with Gasteiger partial charge in [-0.25, -0.2) is 0 Å². The number of fused-ring (bicyclic) bond motifs is 3. The van der Waals surface area contributed by atoms with Crippen LogP contribution in [0.1, 0.15) is 12.5 Å². The van der Waals surface area contributed by atoms with E-state index in [1.807, 2.05) is 18.2 Å². The second kappa shape index (κ2) is 5.11. The predicted octanol–water partition coefficient (Wildman–Crippen LogP) is 4.91. The van der Waals surface area contributed by atoms with Gasteiger partial charge >= 0.3 is 0 Å². The zero-order chi connectivity index (χ0) is 13.9. The monoisotopic (exact) mass is 257 g/mol. The first-order chi connectivity index (χ1) is 9.79. The standard InChI is InChI=1S/C19H15N/c1-3-4-5-8-14(2)15-11-12-17-16-9-6-7-10-18(16)20-19(17)13-15/h1,4-13,20H,2H3/b5-4-,14-8+. The molecule has 0 saturated heterocycles. The van der Waals surface area contributed by atoms with Crippen LogP contribution in [0.2, 0.25) is 0 Å². The molecule has 1 nitrogen and oxygen atoms in total. The lowest BCUT2D eigenvalue weighted by Crippen LogP contribution is -1.79. The Morgan fingerprint density at radius 3 is 2.75 bits per heavy atom. The minimum atomic E-state index is 1.16. The van der Waals surface area contributed by atoms with Crippen LogP contribution in [0, 0.1) is 12.3 Å². The number of para-hydroxylation sites is 1. The predicted molar refractivity (Wildman–Crippen MR) is 87.4 cm³/mol. The summed E-state index contributed by atoms with van der Waals surface area (Å²) in [6, 6.07) is 14.9. The quantitative estimate of drug-likeness (QED) is 0.495. The maximum Gasteiger partial charge on any atom is 0.0470 e. The summed E-state index contributed by atoms with van der Waals surface area (Å²) >= 11 is 0. The molecule has 0 aliphatic rings. The molecule has 3 rings (SSSR count). The van der Waals surface area contributed by atoms with Crippen LogP contribution in [0.5, 0.6) is 0 Å². The van der Waals surface area contributed by atoms with E-state index in [0.29, 0.717) is 0 Å². The van der Waals surface area contributed by atoms with E-state index in [9.17, 15) is 0 Å². The van der Waals surface area contributed by atoms with E-state index in [0.717, 1.165) is 5.52 Å². The molecular formula is C19H15N. The van der Waals surface area contributed by atoms with Gasteiger partial charge in [0.2, 0.25) is 0 Å². The Kier molecular flexibility index (Phi) is 3.15. The van der Waals surface area contributed by atoms with E-state index in [2.05, 4.69) is 54.2 Å². The largest absolute Gasteiger partial charge is 0.354 e. The Morgan fingerprint density at radius 1 is 1.10 bits per heavy atom. The minimum Gasteiger partial charge on any atom is -0.354 e. The van der Waals surface area contributed by atoms with E-state index in [4.69, 9.17) is 6.42 Å². The molecule has 0 radical (unpaired) electrons. The Bertz CT molecular complexity index is 870. The number of benzene rings is 2. The summed E-state index contributed by atoms with van der Waals surface area (Å²) in [5.74, 6) is 2.49. The molecule has 1 heterocycles. The van der Waals surface area contributed by atoms with Gasteiger partial charge in [0.15, 0.2) is 0 Å². The van der Waals surface area contributed by atoms with Crippen LogP contribution in [0.3, 0.4) is 0 Å². The molecule has 1 aromatic heterocycles. The molecule has 0 bridgehead atoms. The average Bonchev–Trinajstić information content (AvgIpc) is 2.85. The van der Waals surface area contributed by atoms with Gasteiger partial charge in [0.25, 0.3) is 0 Å². The van der Waals surface area contributed by atoms with Crippen LogP contribution < -0.4 is 0 Å². The van der Waals surface area contributed by atoms with Crippen molar-refractivity contribution in [3.63, 3.8) is 0 Å². The third-order valence-corrected chi connectivity index (χ3v) is 3.50. The summed E-state index contributed by atoms with van der Waals surface area (Å²) in [4.78, 5) is 3.46. The highest BCUT2D eigenvalue weighted by Gasteiger charge is 2.04. The zero-order valence-corrected chi connectivity index (χ0v) is 11.4. The highest BCUT2D eigenvalue weighted by atomic mass is 14.7. The van der Waals surface area contributed by atoms with E-state index in [-0.39, 0.29) is 0 Å². The second-order valence-corrected chi connectivity index (χ2v) is 4.81. The van der Waals surface area contributed by atoms with Gasteiger partial charge in [-0.05, 0) is 36.3 Å². The molecule has 20 heavy (non-hydrogen) atoms. The number of aromatic nitrogens is 1. The van der Waals surface area contributed by atoms with Crippen LogP contribution in [-0.4, -0.2) is 4.98 Å². The fourth-order valence-corrected chi connectivity index (χ4v) is 2.44. The van der Waals surface area contributed by atoms with Crippen molar-refractivity contribution < 1.29 is 0 Å². The molecule has 0 fully saturated rings. The molecule has 96 valence electrons. The maximum absolute atomic E-state index is 5.20. The number of allylic oxidation sites excluding steroid dienone is 4. The molecular weight excluding hydrogens is 242 g/mol. The molecule has 1 N–H and O–H groups in total. The molecule has 0 unspecified atom stereocenters. The van der Waals surface area contributed by atoms with Crippen LogP contribution in [-0.2, 0) is 0 Å². The van der Waals surface area contributed by atoms with Gasteiger partial charge in [0.05, 0.1) is 0 Å². The molecule has 0 aliphatic heterocycles. The van der Waals surface area contributed by atoms with Crippen molar-refractivity contribution in [2.45, 2.75) is 6.92 Å². The van der Waals surface area contributed by atoms with Crippen LogP contribution in [0.4, 0.5) is 0 Å². The summed E-state index contributed by atoms with van der Waals surface area (Å²) in [5, 5.41) is 2.53. The third-order valence-electron chi connectivity index (χ3n) is 3.50. The molecule has 2 aromatic carbocycles. The van der Waals surface area contributed by atoms with Gasteiger partial charge in [0.1, 0.15) is 0 Å². The highest BCUT2D eigenvalue weighted by molar-refractivity contribution is 6.07. The summed E-state index contributed by atoms with van der Waals surface area (Å²) in [5.41, 5.74) is 4.73. The summed E-state index contributed by atoms with van der Waals surface area (Å²) in [7, 11) is 0. The molecule has 0 saturated carbocycles. The van der Waals surface area contributed by atoms with Gasteiger partial charge in [0, 0.05) is 21.8 Å². The van der Waals surface area contributed by atoms with E-state index in [1.165, 1.54) is 27.4 Å². The topological polar surface area (TPSA) is 15.8 Å². The Morgan fingerprint density at radius 2 is 1.90 bits per heavy atom. The fraction of sp³-hybridized carbons (Fsp3) is 0.0526. The fourth-order valence-electron chi connectivity index (χ4n) is 2.44. The first kappa shape index (κ1) is 12.3. The summed E-state index contributed by atoms with van der Waals surface area (Å²) in [6.07, 6.45) is 10.8. The number of hydrogen-bond acceptors (Lipinski definition) is 0. The van der Waals surface area contributed by atoms with Crippen molar-refractivity contribution in [2.75, 3.05) is 0 Å². The lowest BCUT2D eigenvalue weighted by Gasteiger charge is -2.01. The Labute approximate surface area is 118 Å². The number of H-pyrrole nitrogens is 1. The van der Waals surface area contributed by atoms with Crippen molar-refractivity contribution in [1.29, 1.82) is 0 Å². The normalized spacial score (nSPS) is 12.3. The molecule has 0 aliphatic carbocycles. The van der Waals surface area contributed by atoms with Gasteiger partial charge < -0.3 is 4.98 Å². The molecule has 0 amide bonds. The van der Waals surface area contributed by atoms with Crippen LogP contribution in [0.15, 0.2) is 60.7 Å².